The first-order valence-electron chi connectivity index (χ1n) is 9.46. The summed E-state index contributed by atoms with van der Waals surface area (Å²) >= 11 is 0. The average molecular weight is 384 g/mol. The first-order valence-corrected chi connectivity index (χ1v) is 9.46. The number of carbonyl (C=O) groups is 1. The highest BCUT2D eigenvalue weighted by Crippen LogP contribution is 2.21. The lowest BCUT2D eigenvalue weighted by Gasteiger charge is -2.36. The molecule has 3 rings (SSSR count). The van der Waals surface area contributed by atoms with Gasteiger partial charge in [0.25, 0.3) is 5.91 Å². The van der Waals surface area contributed by atoms with E-state index in [1.165, 1.54) is 0 Å². The van der Waals surface area contributed by atoms with Crippen LogP contribution >= 0.6 is 0 Å². The van der Waals surface area contributed by atoms with Crippen molar-refractivity contribution in [1.29, 1.82) is 0 Å². The fourth-order valence-electron chi connectivity index (χ4n) is 3.06. The van der Waals surface area contributed by atoms with Crippen LogP contribution in [0.1, 0.15) is 10.5 Å². The summed E-state index contributed by atoms with van der Waals surface area (Å²) in [4.78, 5) is 27.5. The van der Waals surface area contributed by atoms with Gasteiger partial charge in [-0.3, -0.25) is 4.79 Å². The fraction of sp³-hybridized carbons (Fsp3) is 0.450. The molecule has 8 nitrogen and oxygen atoms in total. The maximum atomic E-state index is 12.7. The van der Waals surface area contributed by atoms with Crippen LogP contribution in [0.3, 0.4) is 0 Å². The summed E-state index contributed by atoms with van der Waals surface area (Å²) in [6.07, 6.45) is 3.17. The number of hydrogen-bond acceptors (Lipinski definition) is 7. The second kappa shape index (κ2) is 9.36. The number of ether oxygens (including phenoxy) is 1. The molecule has 1 aromatic heterocycles. The van der Waals surface area contributed by atoms with Crippen LogP contribution in [0, 0.1) is 0 Å². The maximum Gasteiger partial charge on any atom is 0.274 e. The third-order valence-electron chi connectivity index (χ3n) is 4.74. The van der Waals surface area contributed by atoms with E-state index >= 15 is 0 Å². The van der Waals surface area contributed by atoms with E-state index in [-0.39, 0.29) is 5.91 Å². The Kier molecular flexibility index (Phi) is 6.65. The van der Waals surface area contributed by atoms with Gasteiger partial charge in [0, 0.05) is 45.0 Å². The largest absolute Gasteiger partial charge is 0.497 e. The lowest BCUT2D eigenvalue weighted by atomic mass is 10.2. The van der Waals surface area contributed by atoms with Crippen LogP contribution in [0.15, 0.2) is 36.7 Å². The predicted molar refractivity (Wildman–Crippen MR) is 110 cm³/mol. The summed E-state index contributed by atoms with van der Waals surface area (Å²) in [7, 11) is 5.70. The van der Waals surface area contributed by atoms with E-state index in [0.717, 1.165) is 37.6 Å². The Morgan fingerprint density at radius 3 is 2.39 bits per heavy atom. The van der Waals surface area contributed by atoms with Gasteiger partial charge in [0.15, 0.2) is 0 Å². The molecule has 1 aliphatic heterocycles. The molecule has 1 fully saturated rings. The van der Waals surface area contributed by atoms with E-state index in [2.05, 4.69) is 25.1 Å². The standard InChI is InChI=1S/C20H28N6O2/c1-24(2)9-8-21-19-15-22-18(14-23-19)20(27)26-12-10-25(11-13-26)16-4-6-17(28-3)7-5-16/h4-7,14-15H,8-13H2,1-3H3,(H,21,23). The minimum absolute atomic E-state index is 0.0678. The van der Waals surface area contributed by atoms with Crippen LogP contribution in [-0.4, -0.2) is 86.1 Å². The molecule has 0 aliphatic carbocycles. The summed E-state index contributed by atoms with van der Waals surface area (Å²) in [5, 5.41) is 3.20. The molecule has 1 saturated heterocycles. The number of rotatable bonds is 7. The molecule has 0 atom stereocenters. The van der Waals surface area contributed by atoms with Crippen LogP contribution < -0.4 is 15.0 Å². The van der Waals surface area contributed by atoms with Crippen molar-refractivity contribution in [1.82, 2.24) is 19.8 Å². The van der Waals surface area contributed by atoms with E-state index in [1.807, 2.05) is 43.3 Å². The maximum absolute atomic E-state index is 12.7. The van der Waals surface area contributed by atoms with Gasteiger partial charge < -0.3 is 24.8 Å². The van der Waals surface area contributed by atoms with Gasteiger partial charge in [-0.2, -0.15) is 0 Å². The highest BCUT2D eigenvalue weighted by molar-refractivity contribution is 5.92. The molecule has 150 valence electrons. The molecule has 0 unspecified atom stereocenters. The number of piperazine rings is 1. The molecule has 8 heteroatoms. The second-order valence-electron chi connectivity index (χ2n) is 6.99. The number of nitrogens with one attached hydrogen (secondary N) is 1. The topological polar surface area (TPSA) is 73.8 Å². The van der Waals surface area contributed by atoms with Gasteiger partial charge in [-0.05, 0) is 38.4 Å². The predicted octanol–water partition coefficient (Wildman–Crippen LogP) is 1.42. The number of likely N-dealkylation sites (N-methyl/N-ethyl adjacent to an activating group) is 1. The fourth-order valence-corrected chi connectivity index (χ4v) is 3.06. The summed E-state index contributed by atoms with van der Waals surface area (Å²) in [6.45, 7) is 4.58. The minimum Gasteiger partial charge on any atom is -0.497 e. The zero-order valence-corrected chi connectivity index (χ0v) is 16.8. The van der Waals surface area contributed by atoms with Crippen LogP contribution in [0.25, 0.3) is 0 Å². The monoisotopic (exact) mass is 384 g/mol. The number of aromatic nitrogens is 2. The van der Waals surface area contributed by atoms with E-state index in [4.69, 9.17) is 4.74 Å². The molecule has 1 N–H and O–H groups in total. The lowest BCUT2D eigenvalue weighted by Crippen LogP contribution is -2.49. The lowest BCUT2D eigenvalue weighted by molar-refractivity contribution is 0.0740. The number of hydrogen-bond donors (Lipinski definition) is 1. The molecule has 0 spiro atoms. The van der Waals surface area contributed by atoms with Gasteiger partial charge in [0.1, 0.15) is 17.3 Å². The quantitative estimate of drug-likeness (QED) is 0.774. The molecule has 0 radical (unpaired) electrons. The summed E-state index contributed by atoms with van der Waals surface area (Å²) in [6, 6.07) is 8.00. The van der Waals surface area contributed by atoms with Gasteiger partial charge >= 0.3 is 0 Å². The third kappa shape index (κ3) is 5.10. The summed E-state index contributed by atoms with van der Waals surface area (Å²) < 4.78 is 5.20. The van der Waals surface area contributed by atoms with Crippen molar-refractivity contribution in [3.05, 3.63) is 42.4 Å². The van der Waals surface area contributed by atoms with E-state index in [1.54, 1.807) is 19.5 Å². The van der Waals surface area contributed by atoms with E-state index < -0.39 is 0 Å². The first-order chi connectivity index (χ1) is 13.6. The Bertz CT molecular complexity index is 755. The summed E-state index contributed by atoms with van der Waals surface area (Å²) in [5.41, 5.74) is 1.52. The Labute approximate surface area is 166 Å². The number of nitrogens with zero attached hydrogens (tertiary/aromatic N) is 5. The van der Waals surface area contributed by atoms with Crippen molar-refractivity contribution in [3.8, 4) is 5.75 Å². The van der Waals surface area contributed by atoms with Crippen LogP contribution in [0.4, 0.5) is 11.5 Å². The Hall–Kier alpha value is -2.87. The number of benzene rings is 1. The minimum atomic E-state index is -0.0678. The van der Waals surface area contributed by atoms with Crippen molar-refractivity contribution in [3.63, 3.8) is 0 Å². The average Bonchev–Trinajstić information content (AvgIpc) is 2.74. The highest BCUT2D eigenvalue weighted by Gasteiger charge is 2.23. The van der Waals surface area contributed by atoms with Crippen molar-refractivity contribution >= 4 is 17.4 Å². The normalized spacial score (nSPS) is 14.3. The molecule has 0 bridgehead atoms. The van der Waals surface area contributed by atoms with Gasteiger partial charge in [-0.25, -0.2) is 9.97 Å². The second-order valence-corrected chi connectivity index (χ2v) is 6.99. The van der Waals surface area contributed by atoms with Crippen molar-refractivity contribution in [2.45, 2.75) is 0 Å². The molecule has 28 heavy (non-hydrogen) atoms. The number of methoxy groups -OCH3 is 1. The highest BCUT2D eigenvalue weighted by atomic mass is 16.5. The van der Waals surface area contributed by atoms with Crippen molar-refractivity contribution in [2.75, 3.05) is 70.7 Å². The SMILES string of the molecule is COc1ccc(N2CCN(C(=O)c3cnc(NCCN(C)C)cn3)CC2)cc1. The van der Waals surface area contributed by atoms with E-state index in [9.17, 15) is 4.79 Å². The Morgan fingerprint density at radius 1 is 1.11 bits per heavy atom. The third-order valence-corrected chi connectivity index (χ3v) is 4.74. The Morgan fingerprint density at radius 2 is 1.82 bits per heavy atom. The first kappa shape index (κ1) is 19.9. The van der Waals surface area contributed by atoms with Crippen molar-refractivity contribution in [2.24, 2.45) is 0 Å². The molecule has 1 aromatic carbocycles. The molecule has 1 amide bonds. The molecule has 2 heterocycles. The zero-order valence-electron chi connectivity index (χ0n) is 16.8. The van der Waals surface area contributed by atoms with Gasteiger partial charge in [-0.15, -0.1) is 0 Å². The zero-order chi connectivity index (χ0) is 19.9. The van der Waals surface area contributed by atoms with Crippen LogP contribution in [0.2, 0.25) is 0 Å². The number of anilines is 2. The van der Waals surface area contributed by atoms with Gasteiger partial charge in [0.05, 0.1) is 19.5 Å². The van der Waals surface area contributed by atoms with Crippen molar-refractivity contribution < 1.29 is 9.53 Å². The van der Waals surface area contributed by atoms with E-state index in [0.29, 0.717) is 24.6 Å². The number of amides is 1. The van der Waals surface area contributed by atoms with Crippen LogP contribution in [-0.2, 0) is 0 Å². The molecular formula is C20H28N6O2. The molecule has 1 aliphatic rings. The molecular weight excluding hydrogens is 356 g/mol. The summed E-state index contributed by atoms with van der Waals surface area (Å²) in [5.74, 6) is 1.46. The molecule has 0 saturated carbocycles. The van der Waals surface area contributed by atoms with Crippen LogP contribution in [0.5, 0.6) is 5.75 Å². The molecule has 2 aromatic rings. The number of carbonyl (C=O) groups excluding carboxylic acids is 1. The van der Waals surface area contributed by atoms with Gasteiger partial charge in [-0.1, -0.05) is 0 Å². The smallest absolute Gasteiger partial charge is 0.274 e. The van der Waals surface area contributed by atoms with Gasteiger partial charge in [0.2, 0.25) is 0 Å². The Balaban J connectivity index is 1.51.